The largest absolute Gasteiger partial charge is 0.350 e. The molecule has 4 nitrogen and oxygen atoms in total. The number of halogens is 1. The van der Waals surface area contributed by atoms with Gasteiger partial charge in [0.2, 0.25) is 5.95 Å². The van der Waals surface area contributed by atoms with Crippen LogP contribution < -0.4 is 5.32 Å². The molecule has 18 heavy (non-hydrogen) atoms. The number of hydrogen-bond donors (Lipinski definition) is 1. The molecule has 0 radical (unpaired) electrons. The lowest BCUT2D eigenvalue weighted by Crippen LogP contribution is -2.19. The standard InChI is InChI=1S/C13H19ClN4/c1-4-9(2)7-10(3)15-13-16-12-6-5-11(14)8-18(12)17-13/h5-6,8-10H,4,7H2,1-3H3,(H,15,17). The first-order valence-corrected chi connectivity index (χ1v) is 6.74. The summed E-state index contributed by atoms with van der Waals surface area (Å²) < 4.78 is 1.70. The zero-order valence-electron chi connectivity index (χ0n) is 11.0. The van der Waals surface area contributed by atoms with Crippen molar-refractivity contribution in [1.29, 1.82) is 0 Å². The van der Waals surface area contributed by atoms with Gasteiger partial charge in [-0.3, -0.25) is 0 Å². The Labute approximate surface area is 112 Å². The van der Waals surface area contributed by atoms with Gasteiger partial charge in [0.15, 0.2) is 5.65 Å². The molecule has 5 heteroatoms. The highest BCUT2D eigenvalue weighted by atomic mass is 35.5. The van der Waals surface area contributed by atoms with E-state index < -0.39 is 0 Å². The van der Waals surface area contributed by atoms with Gasteiger partial charge in [-0.2, -0.15) is 4.98 Å². The van der Waals surface area contributed by atoms with Gasteiger partial charge >= 0.3 is 0 Å². The molecule has 0 bridgehead atoms. The minimum atomic E-state index is 0.368. The molecular formula is C13H19ClN4. The quantitative estimate of drug-likeness (QED) is 0.899. The second kappa shape index (κ2) is 5.57. The predicted molar refractivity (Wildman–Crippen MR) is 75.2 cm³/mol. The average Bonchev–Trinajstić information content (AvgIpc) is 2.69. The normalized spacial score (nSPS) is 14.7. The fourth-order valence-corrected chi connectivity index (χ4v) is 2.12. The molecule has 2 rings (SSSR count). The van der Waals surface area contributed by atoms with Crippen LogP contribution in [0.15, 0.2) is 18.3 Å². The van der Waals surface area contributed by atoms with Crippen molar-refractivity contribution >= 4 is 23.2 Å². The summed E-state index contributed by atoms with van der Waals surface area (Å²) in [5, 5.41) is 8.35. The van der Waals surface area contributed by atoms with E-state index in [2.05, 4.69) is 36.2 Å². The second-order valence-electron chi connectivity index (χ2n) is 4.88. The van der Waals surface area contributed by atoms with Crippen LogP contribution in [0.5, 0.6) is 0 Å². The van der Waals surface area contributed by atoms with Crippen molar-refractivity contribution in [2.24, 2.45) is 5.92 Å². The van der Waals surface area contributed by atoms with Gasteiger partial charge in [0.05, 0.1) is 5.02 Å². The highest BCUT2D eigenvalue weighted by molar-refractivity contribution is 6.30. The Bertz CT molecular complexity index is 523. The molecule has 0 aliphatic heterocycles. The summed E-state index contributed by atoms with van der Waals surface area (Å²) in [6.07, 6.45) is 4.07. The Morgan fingerprint density at radius 3 is 2.89 bits per heavy atom. The summed E-state index contributed by atoms with van der Waals surface area (Å²) in [5.74, 6) is 1.37. The monoisotopic (exact) mass is 266 g/mol. The fraction of sp³-hybridized carbons (Fsp3) is 0.538. The van der Waals surface area contributed by atoms with Crippen LogP contribution in [0, 0.1) is 5.92 Å². The van der Waals surface area contributed by atoms with Crippen molar-refractivity contribution in [1.82, 2.24) is 14.6 Å². The number of rotatable bonds is 5. The molecular weight excluding hydrogens is 248 g/mol. The first-order valence-electron chi connectivity index (χ1n) is 6.37. The smallest absolute Gasteiger partial charge is 0.243 e. The Morgan fingerprint density at radius 2 is 2.17 bits per heavy atom. The molecule has 2 heterocycles. The van der Waals surface area contributed by atoms with E-state index in [1.54, 1.807) is 10.7 Å². The molecule has 0 fully saturated rings. The van der Waals surface area contributed by atoms with E-state index in [0.29, 0.717) is 22.9 Å². The Hall–Kier alpha value is -1.29. The van der Waals surface area contributed by atoms with E-state index in [4.69, 9.17) is 11.6 Å². The van der Waals surface area contributed by atoms with Crippen LogP contribution in [0.4, 0.5) is 5.95 Å². The van der Waals surface area contributed by atoms with E-state index in [1.807, 2.05) is 12.1 Å². The van der Waals surface area contributed by atoms with E-state index in [0.717, 1.165) is 12.1 Å². The van der Waals surface area contributed by atoms with Gasteiger partial charge in [-0.25, -0.2) is 4.52 Å². The molecule has 1 N–H and O–H groups in total. The maximum atomic E-state index is 5.91. The van der Waals surface area contributed by atoms with Crippen molar-refractivity contribution in [3.63, 3.8) is 0 Å². The topological polar surface area (TPSA) is 42.2 Å². The summed E-state index contributed by atoms with van der Waals surface area (Å²) in [7, 11) is 0. The van der Waals surface area contributed by atoms with Crippen molar-refractivity contribution < 1.29 is 0 Å². The van der Waals surface area contributed by atoms with E-state index in [1.165, 1.54) is 6.42 Å². The van der Waals surface area contributed by atoms with Gasteiger partial charge in [-0.05, 0) is 31.4 Å². The van der Waals surface area contributed by atoms with E-state index in [-0.39, 0.29) is 0 Å². The number of hydrogen-bond acceptors (Lipinski definition) is 3. The molecule has 0 saturated carbocycles. The molecule has 2 atom stereocenters. The van der Waals surface area contributed by atoms with Gasteiger partial charge in [0.25, 0.3) is 0 Å². The summed E-state index contributed by atoms with van der Waals surface area (Å²) >= 11 is 5.91. The molecule has 0 aliphatic carbocycles. The molecule has 0 spiro atoms. The minimum Gasteiger partial charge on any atom is -0.350 e. The zero-order valence-corrected chi connectivity index (χ0v) is 11.8. The number of aromatic nitrogens is 3. The van der Waals surface area contributed by atoms with Crippen LogP contribution in [-0.2, 0) is 0 Å². The predicted octanol–water partition coefficient (Wildman–Crippen LogP) is 3.62. The third kappa shape index (κ3) is 3.13. The number of nitrogens with zero attached hydrogens (tertiary/aromatic N) is 3. The van der Waals surface area contributed by atoms with E-state index in [9.17, 15) is 0 Å². The highest BCUT2D eigenvalue weighted by Gasteiger charge is 2.10. The molecule has 2 aromatic rings. The highest BCUT2D eigenvalue weighted by Crippen LogP contribution is 2.15. The van der Waals surface area contributed by atoms with Crippen molar-refractivity contribution in [3.05, 3.63) is 23.4 Å². The summed E-state index contributed by atoms with van der Waals surface area (Å²) in [6, 6.07) is 4.05. The van der Waals surface area contributed by atoms with Gasteiger partial charge in [-0.15, -0.1) is 5.10 Å². The molecule has 0 amide bonds. The van der Waals surface area contributed by atoms with Gasteiger partial charge < -0.3 is 5.32 Å². The van der Waals surface area contributed by atoms with Gasteiger partial charge in [-0.1, -0.05) is 31.9 Å². The first-order chi connectivity index (χ1) is 8.58. The van der Waals surface area contributed by atoms with Gasteiger partial charge in [0, 0.05) is 12.2 Å². The van der Waals surface area contributed by atoms with E-state index >= 15 is 0 Å². The minimum absolute atomic E-state index is 0.368. The molecule has 0 aliphatic rings. The number of fused-ring (bicyclic) bond motifs is 1. The van der Waals surface area contributed by atoms with Crippen molar-refractivity contribution in [3.8, 4) is 0 Å². The maximum absolute atomic E-state index is 5.91. The molecule has 98 valence electrons. The molecule has 0 saturated heterocycles. The van der Waals surface area contributed by atoms with Crippen LogP contribution in [0.1, 0.15) is 33.6 Å². The first kappa shape index (κ1) is 13.1. The fourth-order valence-electron chi connectivity index (χ4n) is 1.97. The lowest BCUT2D eigenvalue weighted by molar-refractivity contribution is 0.482. The lowest BCUT2D eigenvalue weighted by Gasteiger charge is -2.16. The molecule has 0 aromatic carbocycles. The number of anilines is 1. The average molecular weight is 267 g/mol. The van der Waals surface area contributed by atoms with Crippen LogP contribution in [0.25, 0.3) is 5.65 Å². The van der Waals surface area contributed by atoms with Crippen molar-refractivity contribution in [2.45, 2.75) is 39.7 Å². The van der Waals surface area contributed by atoms with Gasteiger partial charge in [0.1, 0.15) is 0 Å². The summed E-state index contributed by atoms with van der Waals surface area (Å²) in [5.41, 5.74) is 0.803. The second-order valence-corrected chi connectivity index (χ2v) is 5.32. The summed E-state index contributed by atoms with van der Waals surface area (Å²) in [4.78, 5) is 4.41. The maximum Gasteiger partial charge on any atom is 0.243 e. The lowest BCUT2D eigenvalue weighted by atomic mass is 10.0. The number of nitrogens with one attached hydrogen (secondary N) is 1. The summed E-state index contributed by atoms with van der Waals surface area (Å²) in [6.45, 7) is 6.63. The Balaban J connectivity index is 2.07. The van der Waals surface area contributed by atoms with Crippen LogP contribution in [-0.4, -0.2) is 20.6 Å². The van der Waals surface area contributed by atoms with Crippen molar-refractivity contribution in [2.75, 3.05) is 5.32 Å². The Morgan fingerprint density at radius 1 is 1.39 bits per heavy atom. The SMILES string of the molecule is CCC(C)CC(C)Nc1nc2ccc(Cl)cn2n1. The van der Waals surface area contributed by atoms with Crippen LogP contribution >= 0.6 is 11.6 Å². The third-order valence-corrected chi connectivity index (χ3v) is 3.35. The Kier molecular flexibility index (Phi) is 4.07. The number of pyridine rings is 1. The van der Waals surface area contributed by atoms with Crippen LogP contribution in [0.2, 0.25) is 5.02 Å². The van der Waals surface area contributed by atoms with Crippen LogP contribution in [0.3, 0.4) is 0 Å². The molecule has 2 aromatic heterocycles. The zero-order chi connectivity index (χ0) is 13.1. The molecule has 2 unspecified atom stereocenters. The third-order valence-electron chi connectivity index (χ3n) is 3.12.